The van der Waals surface area contributed by atoms with Gasteiger partial charge in [0.15, 0.2) is 0 Å². The van der Waals surface area contributed by atoms with Gasteiger partial charge in [0.25, 0.3) is 0 Å². The predicted molar refractivity (Wildman–Crippen MR) is 83.0 cm³/mol. The molecule has 0 saturated carbocycles. The van der Waals surface area contributed by atoms with Gasteiger partial charge in [-0.05, 0) is 44.7 Å². The van der Waals surface area contributed by atoms with Crippen molar-refractivity contribution in [1.29, 1.82) is 0 Å². The van der Waals surface area contributed by atoms with Gasteiger partial charge in [-0.1, -0.05) is 13.0 Å². The van der Waals surface area contributed by atoms with E-state index >= 15 is 0 Å². The van der Waals surface area contributed by atoms with Gasteiger partial charge in [-0.15, -0.1) is 0 Å². The SMILES string of the molecule is CCCNC(C)c1cccnc1N1CCC(CCO)C1. The Morgan fingerprint density at radius 2 is 2.40 bits per heavy atom. The lowest BCUT2D eigenvalue weighted by atomic mass is 10.1. The van der Waals surface area contributed by atoms with E-state index in [9.17, 15) is 0 Å². The Morgan fingerprint density at radius 3 is 3.15 bits per heavy atom. The first-order chi connectivity index (χ1) is 9.76. The predicted octanol–water partition coefficient (Wildman–Crippen LogP) is 2.35. The number of nitrogens with one attached hydrogen (secondary N) is 1. The lowest BCUT2D eigenvalue weighted by Gasteiger charge is -2.24. The number of pyridine rings is 1. The van der Waals surface area contributed by atoms with Crippen molar-refractivity contribution in [2.75, 3.05) is 31.1 Å². The molecule has 1 saturated heterocycles. The molecule has 2 heterocycles. The highest BCUT2D eigenvalue weighted by atomic mass is 16.3. The second kappa shape index (κ2) is 7.60. The molecule has 2 unspecified atom stereocenters. The molecule has 2 atom stereocenters. The van der Waals surface area contributed by atoms with Crippen LogP contribution in [0.1, 0.15) is 44.7 Å². The van der Waals surface area contributed by atoms with Crippen molar-refractivity contribution in [2.24, 2.45) is 5.92 Å². The van der Waals surface area contributed by atoms with Gasteiger partial charge in [0, 0.05) is 37.5 Å². The standard InChI is InChI=1S/C16H27N3O/c1-3-8-17-13(2)15-5-4-9-18-16(15)19-10-6-14(12-19)7-11-20/h4-5,9,13-14,17,20H,3,6-8,10-12H2,1-2H3. The van der Waals surface area contributed by atoms with Crippen molar-refractivity contribution in [3.05, 3.63) is 23.9 Å². The van der Waals surface area contributed by atoms with Crippen molar-refractivity contribution in [3.8, 4) is 0 Å². The molecule has 0 amide bonds. The minimum absolute atomic E-state index is 0.294. The highest BCUT2D eigenvalue weighted by Gasteiger charge is 2.25. The maximum absolute atomic E-state index is 9.08. The van der Waals surface area contributed by atoms with Crippen LogP contribution in [0.2, 0.25) is 0 Å². The van der Waals surface area contributed by atoms with E-state index in [4.69, 9.17) is 5.11 Å². The van der Waals surface area contributed by atoms with E-state index in [0.29, 0.717) is 18.6 Å². The molecule has 1 fully saturated rings. The summed E-state index contributed by atoms with van der Waals surface area (Å²) in [6, 6.07) is 4.52. The molecule has 20 heavy (non-hydrogen) atoms. The van der Waals surface area contributed by atoms with Gasteiger partial charge in [0.05, 0.1) is 0 Å². The molecular weight excluding hydrogens is 250 g/mol. The molecule has 4 nitrogen and oxygen atoms in total. The van der Waals surface area contributed by atoms with Crippen LogP contribution in [0.4, 0.5) is 5.82 Å². The number of nitrogens with zero attached hydrogens (tertiary/aromatic N) is 2. The van der Waals surface area contributed by atoms with Crippen LogP contribution in [0.5, 0.6) is 0 Å². The summed E-state index contributed by atoms with van der Waals surface area (Å²) in [6.07, 6.45) is 5.09. The Balaban J connectivity index is 2.08. The fourth-order valence-electron chi connectivity index (χ4n) is 2.93. The Hall–Kier alpha value is -1.13. The van der Waals surface area contributed by atoms with Gasteiger partial charge in [0.1, 0.15) is 5.82 Å². The number of hydrogen-bond donors (Lipinski definition) is 2. The fourth-order valence-corrected chi connectivity index (χ4v) is 2.93. The smallest absolute Gasteiger partial charge is 0.133 e. The zero-order valence-corrected chi connectivity index (χ0v) is 12.7. The number of hydrogen-bond acceptors (Lipinski definition) is 4. The number of aliphatic hydroxyl groups is 1. The second-order valence-electron chi connectivity index (χ2n) is 5.71. The third-order valence-electron chi connectivity index (χ3n) is 4.11. The van der Waals surface area contributed by atoms with Gasteiger partial charge in [-0.25, -0.2) is 4.98 Å². The van der Waals surface area contributed by atoms with Crippen molar-refractivity contribution < 1.29 is 5.11 Å². The molecule has 0 bridgehead atoms. The molecule has 0 spiro atoms. The molecular formula is C16H27N3O. The number of rotatable bonds is 7. The van der Waals surface area contributed by atoms with Crippen LogP contribution in [0.25, 0.3) is 0 Å². The van der Waals surface area contributed by atoms with E-state index in [-0.39, 0.29) is 0 Å². The highest BCUT2D eigenvalue weighted by Crippen LogP contribution is 2.29. The second-order valence-corrected chi connectivity index (χ2v) is 5.71. The van der Waals surface area contributed by atoms with Crippen molar-refractivity contribution in [1.82, 2.24) is 10.3 Å². The molecule has 1 aromatic rings. The summed E-state index contributed by atoms with van der Waals surface area (Å²) in [5.41, 5.74) is 1.28. The van der Waals surface area contributed by atoms with Crippen molar-refractivity contribution >= 4 is 5.82 Å². The minimum Gasteiger partial charge on any atom is -0.396 e. The molecule has 1 aromatic heterocycles. The van der Waals surface area contributed by atoms with Crippen molar-refractivity contribution in [3.63, 3.8) is 0 Å². The van der Waals surface area contributed by atoms with E-state index in [2.05, 4.69) is 35.1 Å². The summed E-state index contributed by atoms with van der Waals surface area (Å²) in [7, 11) is 0. The normalized spacial score (nSPS) is 20.4. The maximum Gasteiger partial charge on any atom is 0.133 e. The first-order valence-corrected chi connectivity index (χ1v) is 7.80. The minimum atomic E-state index is 0.294. The zero-order chi connectivity index (χ0) is 14.4. The van der Waals surface area contributed by atoms with Crippen LogP contribution in [0.15, 0.2) is 18.3 Å². The lowest BCUT2D eigenvalue weighted by Crippen LogP contribution is -2.26. The largest absolute Gasteiger partial charge is 0.396 e. The third kappa shape index (κ3) is 3.70. The summed E-state index contributed by atoms with van der Waals surface area (Å²) < 4.78 is 0. The third-order valence-corrected chi connectivity index (χ3v) is 4.11. The zero-order valence-electron chi connectivity index (χ0n) is 12.7. The summed E-state index contributed by atoms with van der Waals surface area (Å²) in [4.78, 5) is 6.98. The number of aromatic nitrogens is 1. The summed E-state index contributed by atoms with van der Waals surface area (Å²) >= 11 is 0. The molecule has 2 rings (SSSR count). The Bertz CT molecular complexity index is 410. The van der Waals surface area contributed by atoms with Gasteiger partial charge < -0.3 is 15.3 Å². The fraction of sp³-hybridized carbons (Fsp3) is 0.688. The molecule has 0 aliphatic carbocycles. The molecule has 112 valence electrons. The van der Waals surface area contributed by atoms with Crippen LogP contribution in [0, 0.1) is 5.92 Å². The van der Waals surface area contributed by atoms with Crippen LogP contribution >= 0.6 is 0 Å². The first-order valence-electron chi connectivity index (χ1n) is 7.80. The van der Waals surface area contributed by atoms with Crippen LogP contribution in [0.3, 0.4) is 0 Å². The van der Waals surface area contributed by atoms with Gasteiger partial charge in [-0.2, -0.15) is 0 Å². The average Bonchev–Trinajstić information content (AvgIpc) is 2.93. The van der Waals surface area contributed by atoms with E-state index < -0.39 is 0 Å². The number of aliphatic hydroxyl groups excluding tert-OH is 1. The Morgan fingerprint density at radius 1 is 1.55 bits per heavy atom. The molecule has 2 N–H and O–H groups in total. The summed E-state index contributed by atoms with van der Waals surface area (Å²) in [5.74, 6) is 1.72. The van der Waals surface area contributed by atoms with Crippen molar-refractivity contribution in [2.45, 2.75) is 39.2 Å². The molecule has 1 aliphatic heterocycles. The van der Waals surface area contributed by atoms with Gasteiger partial charge in [-0.3, -0.25) is 0 Å². The van der Waals surface area contributed by atoms with Gasteiger partial charge >= 0.3 is 0 Å². The molecule has 0 radical (unpaired) electrons. The van der Waals surface area contributed by atoms with Gasteiger partial charge in [0.2, 0.25) is 0 Å². The molecule has 1 aliphatic rings. The highest BCUT2D eigenvalue weighted by molar-refractivity contribution is 5.49. The van der Waals surface area contributed by atoms with E-state index in [1.165, 1.54) is 5.56 Å². The summed E-state index contributed by atoms with van der Waals surface area (Å²) in [5, 5.41) is 12.6. The average molecular weight is 277 g/mol. The van der Waals surface area contributed by atoms with Crippen LogP contribution < -0.4 is 10.2 Å². The first kappa shape index (κ1) is 15.3. The van der Waals surface area contributed by atoms with E-state index in [1.807, 2.05) is 12.3 Å². The Kier molecular flexibility index (Phi) is 5.80. The van der Waals surface area contributed by atoms with E-state index in [0.717, 1.165) is 44.7 Å². The molecule has 0 aromatic carbocycles. The topological polar surface area (TPSA) is 48.4 Å². The van der Waals surface area contributed by atoms with Crippen LogP contribution in [-0.2, 0) is 0 Å². The lowest BCUT2D eigenvalue weighted by molar-refractivity contribution is 0.263. The quantitative estimate of drug-likeness (QED) is 0.803. The van der Waals surface area contributed by atoms with Crippen LogP contribution in [-0.4, -0.2) is 36.3 Å². The number of anilines is 1. The monoisotopic (exact) mass is 277 g/mol. The summed E-state index contributed by atoms with van der Waals surface area (Å²) in [6.45, 7) is 7.78. The maximum atomic E-state index is 9.08. The van der Waals surface area contributed by atoms with E-state index in [1.54, 1.807) is 0 Å². The molecule has 4 heteroatoms. The Labute approximate surface area is 122 Å².